The minimum absolute atomic E-state index is 0.0633. The number of rotatable bonds is 10. The van der Waals surface area contributed by atoms with Gasteiger partial charge in [-0.15, -0.1) is 0 Å². The molecular formula is C27H36N2O4. The van der Waals surface area contributed by atoms with Gasteiger partial charge in [0.1, 0.15) is 11.3 Å². The summed E-state index contributed by atoms with van der Waals surface area (Å²) < 4.78 is 5.48. The van der Waals surface area contributed by atoms with Crippen molar-refractivity contribution >= 4 is 17.6 Å². The van der Waals surface area contributed by atoms with Crippen LogP contribution < -0.4 is 15.0 Å². The molecule has 0 aromatic heterocycles. The molecule has 178 valence electrons. The van der Waals surface area contributed by atoms with E-state index in [2.05, 4.69) is 35.3 Å². The molecule has 0 bridgehead atoms. The van der Waals surface area contributed by atoms with E-state index in [1.54, 1.807) is 12.1 Å². The maximum atomic E-state index is 13.0. The van der Waals surface area contributed by atoms with Crippen molar-refractivity contribution in [1.29, 1.82) is 0 Å². The number of nitrogens with zero attached hydrogens (tertiary/aromatic N) is 1. The van der Waals surface area contributed by atoms with Crippen LogP contribution in [0.25, 0.3) is 0 Å². The fourth-order valence-corrected chi connectivity index (χ4v) is 4.53. The molecular weight excluding hydrogens is 416 g/mol. The number of nitrogens with one attached hydrogen (secondary N) is 1. The van der Waals surface area contributed by atoms with Crippen molar-refractivity contribution in [1.82, 2.24) is 5.32 Å². The third kappa shape index (κ3) is 6.73. The zero-order chi connectivity index (χ0) is 23.6. The van der Waals surface area contributed by atoms with Crippen LogP contribution in [0, 0.1) is 0 Å². The normalized spacial score (nSPS) is 14.9. The molecule has 6 nitrogen and oxygen atoms in total. The number of anilines is 1. The molecule has 0 spiro atoms. The standard InChI is InChI=1S/C27H36N2O4/c1-3-11-23(21-12-7-8-13-24(21)29-16-9-5-6-10-17-29)28-26(30)19-20-14-15-22(27(31)32)25(18-20)33-4-2/h7-8,12-15,18,23H,3-6,9-11,16-17,19H2,1-2H3,(H,28,30)(H,31,32). The minimum Gasteiger partial charge on any atom is -0.493 e. The number of ether oxygens (including phenoxy) is 1. The molecule has 1 heterocycles. The van der Waals surface area contributed by atoms with Crippen molar-refractivity contribution in [2.24, 2.45) is 0 Å². The maximum Gasteiger partial charge on any atom is 0.339 e. The molecule has 3 rings (SSSR count). The number of carboxylic acid groups (broad SMARTS) is 1. The predicted octanol–water partition coefficient (Wildman–Crippen LogP) is 5.36. The van der Waals surface area contributed by atoms with Gasteiger partial charge in [-0.25, -0.2) is 4.79 Å². The van der Waals surface area contributed by atoms with Crippen molar-refractivity contribution in [3.8, 4) is 5.75 Å². The first-order valence-corrected chi connectivity index (χ1v) is 12.2. The Morgan fingerprint density at radius 3 is 2.45 bits per heavy atom. The summed E-state index contributed by atoms with van der Waals surface area (Å²) in [5.41, 5.74) is 3.24. The molecule has 1 aliphatic heterocycles. The molecule has 2 aromatic rings. The molecule has 1 atom stereocenters. The molecule has 1 aliphatic rings. The average molecular weight is 453 g/mol. The quantitative estimate of drug-likeness (QED) is 0.507. The number of carboxylic acids is 1. The summed E-state index contributed by atoms with van der Waals surface area (Å²) in [6, 6.07) is 13.2. The fraction of sp³-hybridized carbons (Fsp3) is 0.481. The van der Waals surface area contributed by atoms with E-state index >= 15 is 0 Å². The first-order chi connectivity index (χ1) is 16.0. The van der Waals surface area contributed by atoms with E-state index in [-0.39, 0.29) is 23.9 Å². The second kappa shape index (κ2) is 12.3. The van der Waals surface area contributed by atoms with Gasteiger partial charge >= 0.3 is 5.97 Å². The van der Waals surface area contributed by atoms with Crippen molar-refractivity contribution in [2.75, 3.05) is 24.6 Å². The topological polar surface area (TPSA) is 78.9 Å². The van der Waals surface area contributed by atoms with Crippen LogP contribution in [0.2, 0.25) is 0 Å². The first-order valence-electron chi connectivity index (χ1n) is 12.2. The Bertz CT molecular complexity index is 935. The Hall–Kier alpha value is -3.02. The lowest BCUT2D eigenvalue weighted by Crippen LogP contribution is -2.32. The van der Waals surface area contributed by atoms with Gasteiger partial charge in [-0.05, 0) is 55.5 Å². The van der Waals surface area contributed by atoms with Gasteiger partial charge in [0.05, 0.1) is 19.1 Å². The zero-order valence-corrected chi connectivity index (χ0v) is 19.8. The van der Waals surface area contributed by atoms with Crippen LogP contribution >= 0.6 is 0 Å². The lowest BCUT2D eigenvalue weighted by Gasteiger charge is -2.29. The van der Waals surface area contributed by atoms with Gasteiger partial charge in [-0.1, -0.05) is 50.5 Å². The molecule has 1 amide bonds. The number of carbonyl (C=O) groups excluding carboxylic acids is 1. The monoisotopic (exact) mass is 452 g/mol. The van der Waals surface area contributed by atoms with Crippen LogP contribution in [0.4, 0.5) is 5.69 Å². The molecule has 33 heavy (non-hydrogen) atoms. The molecule has 1 fully saturated rings. The molecule has 0 aliphatic carbocycles. The highest BCUT2D eigenvalue weighted by molar-refractivity contribution is 5.91. The van der Waals surface area contributed by atoms with Gasteiger partial charge in [0.25, 0.3) is 0 Å². The summed E-state index contributed by atoms with van der Waals surface area (Å²) in [6.07, 6.45) is 6.95. The van der Waals surface area contributed by atoms with Crippen molar-refractivity contribution in [3.63, 3.8) is 0 Å². The van der Waals surface area contributed by atoms with E-state index in [1.165, 1.54) is 43.0 Å². The molecule has 0 radical (unpaired) electrons. The second-order valence-corrected chi connectivity index (χ2v) is 8.61. The SMILES string of the molecule is CCCC(NC(=O)Cc1ccc(C(=O)O)c(OCC)c1)c1ccccc1N1CCCCCC1. The number of hydrogen-bond donors (Lipinski definition) is 2. The zero-order valence-electron chi connectivity index (χ0n) is 19.8. The highest BCUT2D eigenvalue weighted by Crippen LogP contribution is 2.31. The predicted molar refractivity (Wildman–Crippen MR) is 131 cm³/mol. The van der Waals surface area contributed by atoms with Gasteiger partial charge < -0.3 is 20.1 Å². The van der Waals surface area contributed by atoms with E-state index in [9.17, 15) is 14.7 Å². The number of aromatic carboxylic acids is 1. The van der Waals surface area contributed by atoms with Gasteiger partial charge in [0.15, 0.2) is 0 Å². The number of hydrogen-bond acceptors (Lipinski definition) is 4. The van der Waals surface area contributed by atoms with E-state index in [0.29, 0.717) is 12.4 Å². The summed E-state index contributed by atoms with van der Waals surface area (Å²) in [6.45, 7) is 6.41. The van der Waals surface area contributed by atoms with Crippen LogP contribution in [0.15, 0.2) is 42.5 Å². The Kier molecular flexibility index (Phi) is 9.16. The average Bonchev–Trinajstić information content (AvgIpc) is 3.08. The van der Waals surface area contributed by atoms with Crippen molar-refractivity contribution in [2.45, 2.75) is 64.8 Å². The number of benzene rings is 2. The summed E-state index contributed by atoms with van der Waals surface area (Å²) >= 11 is 0. The highest BCUT2D eigenvalue weighted by Gasteiger charge is 2.21. The van der Waals surface area contributed by atoms with Crippen LogP contribution in [0.3, 0.4) is 0 Å². The lowest BCUT2D eigenvalue weighted by atomic mass is 9.98. The fourth-order valence-electron chi connectivity index (χ4n) is 4.53. The van der Waals surface area contributed by atoms with E-state index < -0.39 is 5.97 Å². The van der Waals surface area contributed by atoms with Gasteiger partial charge in [0, 0.05) is 18.8 Å². The van der Waals surface area contributed by atoms with Gasteiger partial charge in [0.2, 0.25) is 5.91 Å². The molecule has 1 saturated heterocycles. The molecule has 1 unspecified atom stereocenters. The minimum atomic E-state index is -1.04. The van der Waals surface area contributed by atoms with Crippen LogP contribution in [-0.2, 0) is 11.2 Å². The lowest BCUT2D eigenvalue weighted by molar-refractivity contribution is -0.121. The highest BCUT2D eigenvalue weighted by atomic mass is 16.5. The summed E-state index contributed by atoms with van der Waals surface area (Å²) in [5.74, 6) is -0.820. The summed E-state index contributed by atoms with van der Waals surface area (Å²) in [4.78, 5) is 26.9. The van der Waals surface area contributed by atoms with Crippen molar-refractivity contribution < 1.29 is 19.4 Å². The van der Waals surface area contributed by atoms with Crippen LogP contribution in [0.5, 0.6) is 5.75 Å². The number of amides is 1. The van der Waals surface area contributed by atoms with E-state index in [0.717, 1.165) is 31.5 Å². The van der Waals surface area contributed by atoms with Gasteiger partial charge in [-0.2, -0.15) is 0 Å². The second-order valence-electron chi connectivity index (χ2n) is 8.61. The smallest absolute Gasteiger partial charge is 0.339 e. The Morgan fingerprint density at radius 2 is 1.79 bits per heavy atom. The third-order valence-electron chi connectivity index (χ3n) is 6.11. The Morgan fingerprint density at radius 1 is 1.06 bits per heavy atom. The Balaban J connectivity index is 1.77. The van der Waals surface area contributed by atoms with E-state index in [4.69, 9.17) is 4.74 Å². The van der Waals surface area contributed by atoms with Crippen molar-refractivity contribution in [3.05, 3.63) is 59.2 Å². The third-order valence-corrected chi connectivity index (χ3v) is 6.11. The van der Waals surface area contributed by atoms with Gasteiger partial charge in [-0.3, -0.25) is 4.79 Å². The Labute approximate surface area is 196 Å². The molecule has 2 aromatic carbocycles. The van der Waals surface area contributed by atoms with Crippen LogP contribution in [0.1, 0.15) is 79.9 Å². The van der Waals surface area contributed by atoms with E-state index in [1.807, 2.05) is 13.0 Å². The largest absolute Gasteiger partial charge is 0.493 e. The summed E-state index contributed by atoms with van der Waals surface area (Å²) in [5, 5.41) is 12.6. The number of carbonyl (C=O) groups is 2. The number of para-hydroxylation sites is 1. The molecule has 2 N–H and O–H groups in total. The molecule has 6 heteroatoms. The van der Waals surface area contributed by atoms with Crippen LogP contribution in [-0.4, -0.2) is 36.7 Å². The maximum absolute atomic E-state index is 13.0. The first kappa shape index (κ1) is 24.6. The molecule has 0 saturated carbocycles. The summed E-state index contributed by atoms with van der Waals surface area (Å²) in [7, 11) is 0.